The molecule has 0 unspecified atom stereocenters. The largest absolute Gasteiger partial charge is 0.381 e. The molecule has 0 aliphatic heterocycles. The smallest absolute Gasteiger partial charge is 0.0701 e. The van der Waals surface area contributed by atoms with Crippen molar-refractivity contribution in [1.82, 2.24) is 0 Å². The van der Waals surface area contributed by atoms with Gasteiger partial charge in [0.1, 0.15) is 0 Å². The van der Waals surface area contributed by atoms with Crippen molar-refractivity contribution in [3.63, 3.8) is 0 Å². The van der Waals surface area contributed by atoms with Crippen LogP contribution in [0.1, 0.15) is 11.1 Å². The Balaban J connectivity index is 1.93. The molecule has 86 valence electrons. The van der Waals surface area contributed by atoms with Gasteiger partial charge >= 0.3 is 0 Å². The maximum Gasteiger partial charge on any atom is 0.0701 e. The van der Waals surface area contributed by atoms with E-state index in [-0.39, 0.29) is 0 Å². The van der Waals surface area contributed by atoms with Gasteiger partial charge in [0.2, 0.25) is 0 Å². The van der Waals surface area contributed by atoms with Gasteiger partial charge in [0.05, 0.1) is 16.3 Å². The second-order valence-electron chi connectivity index (χ2n) is 3.64. The molecule has 4 heteroatoms. The molecule has 2 nitrogen and oxygen atoms in total. The Hall–Kier alpha value is -1.31. The van der Waals surface area contributed by atoms with Crippen LogP contribution in [0.25, 0.3) is 0 Å². The van der Waals surface area contributed by atoms with Crippen LogP contribution in [0, 0.1) is 11.3 Å². The fourth-order valence-corrected chi connectivity index (χ4v) is 2.68. The quantitative estimate of drug-likeness (QED) is 0.919. The van der Waals surface area contributed by atoms with E-state index in [1.54, 1.807) is 11.3 Å². The first-order valence-corrected chi connectivity index (χ1v) is 6.88. The number of hydrogen-bond acceptors (Lipinski definition) is 3. The predicted octanol–water partition coefficient (Wildman–Crippen LogP) is 4.19. The highest BCUT2D eigenvalue weighted by Crippen LogP contribution is 2.21. The van der Waals surface area contributed by atoms with Crippen LogP contribution in [0.15, 0.2) is 39.5 Å². The molecule has 1 heterocycles. The Bertz CT molecular complexity index is 525. The van der Waals surface area contributed by atoms with E-state index in [0.29, 0.717) is 6.42 Å². The Labute approximate surface area is 113 Å². The molecule has 0 fully saturated rings. The van der Waals surface area contributed by atoms with E-state index in [1.165, 1.54) is 5.56 Å². The molecule has 1 N–H and O–H groups in total. The molecule has 17 heavy (non-hydrogen) atoms. The Morgan fingerprint density at radius 2 is 2.00 bits per heavy atom. The molecule has 0 atom stereocenters. The van der Waals surface area contributed by atoms with Gasteiger partial charge in [0.15, 0.2) is 0 Å². The van der Waals surface area contributed by atoms with Gasteiger partial charge in [-0.15, -0.1) is 11.3 Å². The van der Waals surface area contributed by atoms with Crippen LogP contribution in [-0.4, -0.2) is 0 Å². The number of nitrogens with one attached hydrogen (secondary N) is 1. The number of nitrogens with zero attached hydrogens (tertiary/aromatic N) is 1. The van der Waals surface area contributed by atoms with Crippen molar-refractivity contribution in [1.29, 1.82) is 5.26 Å². The van der Waals surface area contributed by atoms with Gasteiger partial charge in [0.25, 0.3) is 0 Å². The van der Waals surface area contributed by atoms with E-state index in [9.17, 15) is 0 Å². The van der Waals surface area contributed by atoms with E-state index >= 15 is 0 Å². The summed E-state index contributed by atoms with van der Waals surface area (Å²) in [6.07, 6.45) is 0.470. The second-order valence-corrected chi connectivity index (χ2v) is 5.93. The lowest BCUT2D eigenvalue weighted by atomic mass is 10.1. The van der Waals surface area contributed by atoms with Crippen LogP contribution in [0.4, 0.5) is 5.69 Å². The summed E-state index contributed by atoms with van der Waals surface area (Å²) in [4.78, 5) is 0. The molecule has 0 amide bonds. The SMILES string of the molecule is N#CCc1ccc(NCc2csc(Br)c2)cc1. The van der Waals surface area contributed by atoms with Gasteiger partial charge < -0.3 is 5.32 Å². The normalized spacial score (nSPS) is 9.88. The third kappa shape index (κ3) is 3.58. The van der Waals surface area contributed by atoms with Crippen LogP contribution < -0.4 is 5.32 Å². The lowest BCUT2D eigenvalue weighted by Crippen LogP contribution is -1.97. The van der Waals surface area contributed by atoms with Crippen LogP contribution >= 0.6 is 27.3 Å². The molecule has 0 saturated carbocycles. The number of rotatable bonds is 4. The molecule has 0 aliphatic rings. The minimum Gasteiger partial charge on any atom is -0.381 e. The van der Waals surface area contributed by atoms with Crippen molar-refractivity contribution in [2.24, 2.45) is 0 Å². The summed E-state index contributed by atoms with van der Waals surface area (Å²) in [5.74, 6) is 0. The first-order chi connectivity index (χ1) is 8.28. The highest BCUT2D eigenvalue weighted by Gasteiger charge is 1.98. The first-order valence-electron chi connectivity index (χ1n) is 5.20. The molecule has 1 aromatic carbocycles. The van der Waals surface area contributed by atoms with Crippen LogP contribution in [0.2, 0.25) is 0 Å². The highest BCUT2D eigenvalue weighted by atomic mass is 79.9. The standard InChI is InChI=1S/C13H11BrN2S/c14-13-7-11(9-17-13)8-16-12-3-1-10(2-4-12)5-6-15/h1-4,7,9,16H,5,8H2. The van der Waals surface area contributed by atoms with Gasteiger partial charge in [-0.25, -0.2) is 0 Å². The van der Waals surface area contributed by atoms with E-state index in [4.69, 9.17) is 5.26 Å². The molecule has 0 saturated heterocycles. The fraction of sp³-hybridized carbons (Fsp3) is 0.154. The zero-order chi connectivity index (χ0) is 12.1. The molecular weight excluding hydrogens is 296 g/mol. The molecule has 0 radical (unpaired) electrons. The number of benzene rings is 1. The molecular formula is C13H11BrN2S. The fourth-order valence-electron chi connectivity index (χ4n) is 1.47. The van der Waals surface area contributed by atoms with Crippen molar-refractivity contribution in [2.75, 3.05) is 5.32 Å². The minimum absolute atomic E-state index is 0.470. The van der Waals surface area contributed by atoms with Gasteiger partial charge in [-0.1, -0.05) is 12.1 Å². The van der Waals surface area contributed by atoms with E-state index < -0.39 is 0 Å². The monoisotopic (exact) mass is 306 g/mol. The van der Waals surface area contributed by atoms with E-state index in [0.717, 1.165) is 21.6 Å². The summed E-state index contributed by atoms with van der Waals surface area (Å²) in [6, 6.07) is 12.2. The van der Waals surface area contributed by atoms with Gasteiger partial charge in [0, 0.05) is 12.2 Å². The van der Waals surface area contributed by atoms with Crippen molar-refractivity contribution in [3.8, 4) is 6.07 Å². The zero-order valence-electron chi connectivity index (χ0n) is 9.11. The van der Waals surface area contributed by atoms with E-state index in [1.807, 2.05) is 24.3 Å². The number of anilines is 1. The summed E-state index contributed by atoms with van der Waals surface area (Å²) in [6.45, 7) is 0.819. The first kappa shape index (κ1) is 12.2. The maximum atomic E-state index is 8.57. The predicted molar refractivity (Wildman–Crippen MR) is 75.1 cm³/mol. The van der Waals surface area contributed by atoms with Gasteiger partial charge in [-0.2, -0.15) is 5.26 Å². The third-order valence-corrected chi connectivity index (χ3v) is 3.91. The average molecular weight is 307 g/mol. The molecule has 2 aromatic rings. The zero-order valence-corrected chi connectivity index (χ0v) is 11.5. The van der Waals surface area contributed by atoms with E-state index in [2.05, 4.69) is 38.8 Å². The van der Waals surface area contributed by atoms with Crippen LogP contribution in [-0.2, 0) is 13.0 Å². The minimum atomic E-state index is 0.470. The number of hydrogen-bond donors (Lipinski definition) is 1. The number of nitriles is 1. The summed E-state index contributed by atoms with van der Waals surface area (Å²) < 4.78 is 1.15. The lowest BCUT2D eigenvalue weighted by molar-refractivity contribution is 1.16. The highest BCUT2D eigenvalue weighted by molar-refractivity contribution is 9.11. The van der Waals surface area contributed by atoms with Crippen molar-refractivity contribution in [2.45, 2.75) is 13.0 Å². The average Bonchev–Trinajstić information content (AvgIpc) is 2.75. The number of halogens is 1. The molecule has 1 aromatic heterocycles. The molecule has 0 spiro atoms. The van der Waals surface area contributed by atoms with Gasteiger partial charge in [-0.3, -0.25) is 0 Å². The van der Waals surface area contributed by atoms with Crippen molar-refractivity contribution in [3.05, 3.63) is 50.6 Å². The maximum absolute atomic E-state index is 8.57. The Morgan fingerprint density at radius 3 is 2.59 bits per heavy atom. The third-order valence-electron chi connectivity index (χ3n) is 2.36. The molecule has 0 bridgehead atoms. The molecule has 2 rings (SSSR count). The lowest BCUT2D eigenvalue weighted by Gasteiger charge is -2.05. The Kier molecular flexibility index (Phi) is 4.18. The molecule has 0 aliphatic carbocycles. The van der Waals surface area contributed by atoms with Crippen LogP contribution in [0.5, 0.6) is 0 Å². The Morgan fingerprint density at radius 1 is 1.24 bits per heavy atom. The van der Waals surface area contributed by atoms with Crippen molar-refractivity contribution >= 4 is 33.0 Å². The summed E-state index contributed by atoms with van der Waals surface area (Å²) >= 11 is 5.13. The topological polar surface area (TPSA) is 35.8 Å². The summed E-state index contributed by atoms with van der Waals surface area (Å²) in [5.41, 5.74) is 3.40. The van der Waals surface area contributed by atoms with Crippen LogP contribution in [0.3, 0.4) is 0 Å². The van der Waals surface area contributed by atoms with Gasteiger partial charge in [-0.05, 0) is 50.6 Å². The second kappa shape index (κ2) is 5.85. The number of thiophene rings is 1. The van der Waals surface area contributed by atoms with Crippen molar-refractivity contribution < 1.29 is 0 Å². The summed E-state index contributed by atoms with van der Waals surface area (Å²) in [5, 5.41) is 14.0. The summed E-state index contributed by atoms with van der Waals surface area (Å²) in [7, 11) is 0.